The highest BCUT2D eigenvalue weighted by atomic mass is 16.1. The van der Waals surface area contributed by atoms with Gasteiger partial charge in [0, 0.05) is 25.2 Å². The molecule has 92 valence electrons. The number of benzene rings is 1. The average molecular weight is 233 g/mol. The van der Waals surface area contributed by atoms with Crippen LogP contribution in [0.3, 0.4) is 0 Å². The minimum absolute atomic E-state index is 0.0993. The molecule has 17 heavy (non-hydrogen) atoms. The van der Waals surface area contributed by atoms with Crippen molar-refractivity contribution in [2.45, 2.75) is 25.8 Å². The monoisotopic (exact) mass is 233 g/mol. The highest BCUT2D eigenvalue weighted by Gasteiger charge is 2.29. The molecular weight excluding hydrogens is 214 g/mol. The fourth-order valence-electron chi connectivity index (χ4n) is 2.11. The van der Waals surface area contributed by atoms with Crippen LogP contribution in [0.25, 0.3) is 0 Å². The van der Waals surface area contributed by atoms with Gasteiger partial charge in [-0.1, -0.05) is 0 Å². The molecule has 0 bridgehead atoms. The molecule has 0 aromatic heterocycles. The van der Waals surface area contributed by atoms with E-state index in [1.54, 1.807) is 13.1 Å². The Bertz CT molecular complexity index is 427. The van der Waals surface area contributed by atoms with Crippen LogP contribution in [0.4, 0.5) is 11.4 Å². The molecule has 2 rings (SSSR count). The number of carbonyl (C=O) groups is 1. The predicted molar refractivity (Wildman–Crippen MR) is 70.3 cm³/mol. The summed E-state index contributed by atoms with van der Waals surface area (Å²) in [6, 6.07) is 6.16. The van der Waals surface area contributed by atoms with Crippen molar-refractivity contribution >= 4 is 17.3 Å². The van der Waals surface area contributed by atoms with Gasteiger partial charge < -0.3 is 16.0 Å². The molecule has 1 fully saturated rings. The zero-order chi connectivity index (χ0) is 12.4. The molecule has 0 spiro atoms. The normalized spacial score (nSPS) is 14.5. The lowest BCUT2D eigenvalue weighted by Gasteiger charge is -2.24. The van der Waals surface area contributed by atoms with E-state index < -0.39 is 0 Å². The summed E-state index contributed by atoms with van der Waals surface area (Å²) in [6.07, 6.45) is 2.48. The number of anilines is 2. The molecule has 0 unspecified atom stereocenters. The third kappa shape index (κ3) is 2.35. The Hall–Kier alpha value is -1.71. The first-order chi connectivity index (χ1) is 8.17. The van der Waals surface area contributed by atoms with Gasteiger partial charge in [0.25, 0.3) is 5.91 Å². The van der Waals surface area contributed by atoms with Crippen molar-refractivity contribution in [2.24, 2.45) is 0 Å². The van der Waals surface area contributed by atoms with E-state index in [1.165, 1.54) is 12.8 Å². The molecule has 0 radical (unpaired) electrons. The summed E-state index contributed by atoms with van der Waals surface area (Å²) >= 11 is 0. The number of amides is 1. The van der Waals surface area contributed by atoms with Gasteiger partial charge in [-0.15, -0.1) is 0 Å². The number of nitrogens with two attached hydrogens (primary N) is 1. The van der Waals surface area contributed by atoms with Gasteiger partial charge in [-0.05, 0) is 38.0 Å². The number of nitrogen functional groups attached to an aromatic ring is 1. The standard InChI is InChI=1S/C13H19N3O/c1-3-16(10-5-6-10)12-7-4-9(8-11(12)14)13(17)15-2/h4,7-8,10H,3,5-6,14H2,1-2H3,(H,15,17). The first kappa shape index (κ1) is 11.8. The van der Waals surface area contributed by atoms with Crippen molar-refractivity contribution in [3.05, 3.63) is 23.8 Å². The van der Waals surface area contributed by atoms with Crippen molar-refractivity contribution in [1.82, 2.24) is 5.32 Å². The Labute approximate surface area is 102 Å². The lowest BCUT2D eigenvalue weighted by Crippen LogP contribution is -2.26. The van der Waals surface area contributed by atoms with Crippen molar-refractivity contribution in [3.8, 4) is 0 Å². The molecule has 0 saturated heterocycles. The third-order valence-electron chi connectivity index (χ3n) is 3.15. The second-order valence-corrected chi connectivity index (χ2v) is 4.37. The van der Waals surface area contributed by atoms with Crippen LogP contribution in [0.15, 0.2) is 18.2 Å². The summed E-state index contributed by atoms with van der Waals surface area (Å²) in [4.78, 5) is 13.8. The summed E-state index contributed by atoms with van der Waals surface area (Å²) < 4.78 is 0. The minimum Gasteiger partial charge on any atom is -0.397 e. The fraction of sp³-hybridized carbons (Fsp3) is 0.462. The molecular formula is C13H19N3O. The highest BCUT2D eigenvalue weighted by Crippen LogP contribution is 2.34. The van der Waals surface area contributed by atoms with Crippen LogP contribution in [-0.4, -0.2) is 25.5 Å². The molecule has 3 N–H and O–H groups in total. The molecule has 0 aliphatic heterocycles. The number of rotatable bonds is 4. The van der Waals surface area contributed by atoms with Gasteiger partial charge in [-0.25, -0.2) is 0 Å². The van der Waals surface area contributed by atoms with Crippen LogP contribution in [0.2, 0.25) is 0 Å². The molecule has 0 atom stereocenters. The van der Waals surface area contributed by atoms with Gasteiger partial charge in [0.15, 0.2) is 0 Å². The van der Waals surface area contributed by atoms with E-state index in [9.17, 15) is 4.79 Å². The summed E-state index contributed by atoms with van der Waals surface area (Å²) in [5.41, 5.74) is 8.37. The van der Waals surface area contributed by atoms with Crippen LogP contribution in [0.5, 0.6) is 0 Å². The van der Waals surface area contributed by atoms with Crippen LogP contribution >= 0.6 is 0 Å². The summed E-state index contributed by atoms with van der Waals surface area (Å²) in [7, 11) is 1.62. The van der Waals surface area contributed by atoms with E-state index in [4.69, 9.17) is 5.73 Å². The van der Waals surface area contributed by atoms with Crippen LogP contribution < -0.4 is 16.0 Å². The summed E-state index contributed by atoms with van der Waals surface area (Å²) in [5, 5.41) is 2.60. The molecule has 4 heteroatoms. The maximum Gasteiger partial charge on any atom is 0.251 e. The second-order valence-electron chi connectivity index (χ2n) is 4.37. The molecule has 1 aromatic carbocycles. The van der Waals surface area contributed by atoms with Crippen molar-refractivity contribution < 1.29 is 4.79 Å². The largest absolute Gasteiger partial charge is 0.397 e. The van der Waals surface area contributed by atoms with E-state index in [-0.39, 0.29) is 5.91 Å². The number of nitrogens with one attached hydrogen (secondary N) is 1. The van der Waals surface area contributed by atoms with Crippen molar-refractivity contribution in [1.29, 1.82) is 0 Å². The zero-order valence-corrected chi connectivity index (χ0v) is 10.4. The van der Waals surface area contributed by atoms with Crippen LogP contribution in [0.1, 0.15) is 30.1 Å². The smallest absolute Gasteiger partial charge is 0.251 e. The van der Waals surface area contributed by atoms with Gasteiger partial charge >= 0.3 is 0 Å². The molecule has 1 amide bonds. The van der Waals surface area contributed by atoms with Crippen molar-refractivity contribution in [3.63, 3.8) is 0 Å². The number of hydrogen-bond donors (Lipinski definition) is 2. The second kappa shape index (κ2) is 4.65. The molecule has 1 aromatic rings. The van der Waals surface area contributed by atoms with Crippen molar-refractivity contribution in [2.75, 3.05) is 24.2 Å². The lowest BCUT2D eigenvalue weighted by atomic mass is 10.1. The number of hydrogen-bond acceptors (Lipinski definition) is 3. The average Bonchev–Trinajstić information content (AvgIpc) is 3.15. The third-order valence-corrected chi connectivity index (χ3v) is 3.15. The molecule has 0 heterocycles. The first-order valence-electron chi connectivity index (χ1n) is 6.05. The zero-order valence-electron chi connectivity index (χ0n) is 10.4. The van der Waals surface area contributed by atoms with E-state index in [0.717, 1.165) is 12.2 Å². The van der Waals surface area contributed by atoms with E-state index in [1.807, 2.05) is 12.1 Å². The Morgan fingerprint density at radius 3 is 2.71 bits per heavy atom. The lowest BCUT2D eigenvalue weighted by molar-refractivity contribution is 0.0963. The SMILES string of the molecule is CCN(c1ccc(C(=O)NC)cc1N)C1CC1. The molecule has 1 saturated carbocycles. The molecule has 4 nitrogen and oxygen atoms in total. The van der Waals surface area contributed by atoms with Crippen LogP contribution in [-0.2, 0) is 0 Å². The Balaban J connectivity index is 2.27. The maximum atomic E-state index is 11.5. The van der Waals surface area contributed by atoms with Gasteiger partial charge in [-0.2, -0.15) is 0 Å². The van der Waals surface area contributed by atoms with Gasteiger partial charge in [-0.3, -0.25) is 4.79 Å². The van der Waals surface area contributed by atoms with Crippen LogP contribution in [0, 0.1) is 0 Å². The van der Waals surface area contributed by atoms with Gasteiger partial charge in [0.05, 0.1) is 11.4 Å². The maximum absolute atomic E-state index is 11.5. The first-order valence-corrected chi connectivity index (χ1v) is 6.05. The van der Waals surface area contributed by atoms with E-state index in [2.05, 4.69) is 17.1 Å². The molecule has 1 aliphatic rings. The summed E-state index contributed by atoms with van der Waals surface area (Å²) in [5.74, 6) is -0.0993. The fourth-order valence-corrected chi connectivity index (χ4v) is 2.11. The Morgan fingerprint density at radius 2 is 2.24 bits per heavy atom. The Morgan fingerprint density at radius 1 is 1.53 bits per heavy atom. The number of nitrogens with zero attached hydrogens (tertiary/aromatic N) is 1. The highest BCUT2D eigenvalue weighted by molar-refractivity contribution is 5.96. The van der Waals surface area contributed by atoms with Gasteiger partial charge in [0.1, 0.15) is 0 Å². The minimum atomic E-state index is -0.0993. The van der Waals surface area contributed by atoms with Gasteiger partial charge in [0.2, 0.25) is 0 Å². The Kier molecular flexibility index (Phi) is 3.22. The summed E-state index contributed by atoms with van der Waals surface area (Å²) in [6.45, 7) is 3.08. The number of carbonyl (C=O) groups excluding carboxylic acids is 1. The topological polar surface area (TPSA) is 58.4 Å². The quantitative estimate of drug-likeness (QED) is 0.777. The van der Waals surface area contributed by atoms with E-state index in [0.29, 0.717) is 17.3 Å². The molecule has 1 aliphatic carbocycles. The predicted octanol–water partition coefficient (Wildman–Crippen LogP) is 1.62. The van der Waals surface area contributed by atoms with E-state index >= 15 is 0 Å².